The molecule has 0 aliphatic heterocycles. The summed E-state index contributed by atoms with van der Waals surface area (Å²) in [5.74, 6) is 0.342. The molecule has 1 aromatic heterocycles. The van der Waals surface area contributed by atoms with Crippen LogP contribution >= 0.6 is 0 Å². The predicted octanol–water partition coefficient (Wildman–Crippen LogP) is 4.41. The van der Waals surface area contributed by atoms with Gasteiger partial charge in [-0.15, -0.1) is 0 Å². The van der Waals surface area contributed by atoms with Gasteiger partial charge >= 0.3 is 5.97 Å². The molecule has 0 saturated carbocycles. The van der Waals surface area contributed by atoms with Gasteiger partial charge in [-0.2, -0.15) is 5.10 Å². The zero-order valence-corrected chi connectivity index (χ0v) is 18.0. The fourth-order valence-corrected chi connectivity index (χ4v) is 2.92. The Hall–Kier alpha value is -3.87. The largest absolute Gasteiger partial charge is 0.457 e. The SMILES string of the molecule is Cc1nn(C)c(C)c1NC(=O)[C@@H](C)OC(=O)/C=C/c1cccc(Oc2ccccc2)c1. The van der Waals surface area contributed by atoms with Crippen LogP contribution in [0.1, 0.15) is 23.9 Å². The number of carbonyl (C=O) groups excluding carboxylic acids is 2. The molecule has 0 unspecified atom stereocenters. The molecule has 0 aliphatic rings. The summed E-state index contributed by atoms with van der Waals surface area (Å²) in [5.41, 5.74) is 2.91. The molecule has 0 bridgehead atoms. The van der Waals surface area contributed by atoms with E-state index in [1.54, 1.807) is 30.8 Å². The Labute approximate surface area is 181 Å². The van der Waals surface area contributed by atoms with Gasteiger partial charge in [0.25, 0.3) is 5.91 Å². The number of hydrogen-bond donors (Lipinski definition) is 1. The number of esters is 1. The van der Waals surface area contributed by atoms with E-state index in [4.69, 9.17) is 9.47 Å². The van der Waals surface area contributed by atoms with Gasteiger partial charge in [-0.05, 0) is 56.7 Å². The molecule has 0 aliphatic carbocycles. The molecule has 1 atom stereocenters. The van der Waals surface area contributed by atoms with Crippen molar-refractivity contribution in [3.05, 3.63) is 77.6 Å². The fourth-order valence-electron chi connectivity index (χ4n) is 2.92. The van der Waals surface area contributed by atoms with E-state index in [-0.39, 0.29) is 0 Å². The van der Waals surface area contributed by atoms with Gasteiger partial charge in [-0.25, -0.2) is 4.79 Å². The summed E-state index contributed by atoms with van der Waals surface area (Å²) >= 11 is 0. The zero-order valence-electron chi connectivity index (χ0n) is 18.0. The fraction of sp³-hybridized carbons (Fsp3) is 0.208. The van der Waals surface area contributed by atoms with Crippen LogP contribution in [0.4, 0.5) is 5.69 Å². The zero-order chi connectivity index (χ0) is 22.4. The lowest BCUT2D eigenvalue weighted by Crippen LogP contribution is -2.29. The van der Waals surface area contributed by atoms with E-state index in [2.05, 4.69) is 10.4 Å². The molecule has 3 rings (SSSR count). The first-order chi connectivity index (χ1) is 14.8. The third kappa shape index (κ3) is 5.82. The highest BCUT2D eigenvalue weighted by molar-refractivity contribution is 5.97. The summed E-state index contributed by atoms with van der Waals surface area (Å²) in [7, 11) is 1.80. The van der Waals surface area contributed by atoms with Crippen molar-refractivity contribution in [2.75, 3.05) is 5.32 Å². The standard InChI is InChI=1S/C24H25N3O4/c1-16-23(17(2)27(4)26-16)25-24(29)18(3)30-22(28)14-13-19-9-8-12-21(15-19)31-20-10-6-5-7-11-20/h5-15,18H,1-4H3,(H,25,29)/b14-13+/t18-/m1/s1. The average Bonchev–Trinajstić information content (AvgIpc) is 2.99. The maximum absolute atomic E-state index is 12.4. The van der Waals surface area contributed by atoms with Crippen molar-refractivity contribution < 1.29 is 19.1 Å². The minimum atomic E-state index is -0.955. The lowest BCUT2D eigenvalue weighted by atomic mass is 10.2. The highest BCUT2D eigenvalue weighted by Gasteiger charge is 2.20. The topological polar surface area (TPSA) is 82.5 Å². The van der Waals surface area contributed by atoms with E-state index in [9.17, 15) is 9.59 Å². The van der Waals surface area contributed by atoms with Gasteiger partial charge in [0.1, 0.15) is 11.5 Å². The summed E-state index contributed by atoms with van der Waals surface area (Å²) < 4.78 is 12.7. The summed E-state index contributed by atoms with van der Waals surface area (Å²) in [6.45, 7) is 5.18. The second-order valence-corrected chi connectivity index (χ2v) is 7.06. The molecule has 3 aromatic rings. The minimum absolute atomic E-state index is 0.417. The monoisotopic (exact) mass is 419 g/mol. The summed E-state index contributed by atoms with van der Waals surface area (Å²) in [6.07, 6.45) is 1.94. The number of anilines is 1. The quantitative estimate of drug-likeness (QED) is 0.453. The molecule has 0 spiro atoms. The number of amides is 1. The number of para-hydroxylation sites is 1. The van der Waals surface area contributed by atoms with Crippen molar-refractivity contribution >= 4 is 23.6 Å². The first-order valence-electron chi connectivity index (χ1n) is 9.86. The molecule has 7 nitrogen and oxygen atoms in total. The number of rotatable bonds is 7. The molecule has 31 heavy (non-hydrogen) atoms. The van der Waals surface area contributed by atoms with Gasteiger partial charge in [0.05, 0.1) is 17.1 Å². The third-order valence-electron chi connectivity index (χ3n) is 4.67. The second kappa shape index (κ2) is 9.75. The van der Waals surface area contributed by atoms with Crippen molar-refractivity contribution in [2.24, 2.45) is 7.05 Å². The van der Waals surface area contributed by atoms with Crippen LogP contribution in [0.2, 0.25) is 0 Å². The Morgan fingerprint density at radius 2 is 1.77 bits per heavy atom. The molecule has 7 heteroatoms. The first kappa shape index (κ1) is 21.8. The van der Waals surface area contributed by atoms with Crippen molar-refractivity contribution in [1.29, 1.82) is 0 Å². The van der Waals surface area contributed by atoms with Crippen LogP contribution in [-0.4, -0.2) is 27.8 Å². The summed E-state index contributed by atoms with van der Waals surface area (Å²) in [5, 5.41) is 7.02. The van der Waals surface area contributed by atoms with Crippen molar-refractivity contribution in [3.63, 3.8) is 0 Å². The number of benzene rings is 2. The van der Waals surface area contributed by atoms with Crippen LogP contribution in [0.3, 0.4) is 0 Å². The van der Waals surface area contributed by atoms with E-state index in [0.717, 1.165) is 17.0 Å². The predicted molar refractivity (Wildman–Crippen MR) is 119 cm³/mol. The molecular formula is C24H25N3O4. The Balaban J connectivity index is 1.57. The molecule has 0 fully saturated rings. The molecule has 0 saturated heterocycles. The highest BCUT2D eigenvalue weighted by atomic mass is 16.5. The van der Waals surface area contributed by atoms with E-state index in [0.29, 0.717) is 17.1 Å². The summed E-state index contributed by atoms with van der Waals surface area (Å²) in [6, 6.07) is 16.7. The number of ether oxygens (including phenoxy) is 2. The number of nitrogens with one attached hydrogen (secondary N) is 1. The van der Waals surface area contributed by atoms with Crippen LogP contribution < -0.4 is 10.1 Å². The normalized spacial score (nSPS) is 11.9. The van der Waals surface area contributed by atoms with Gasteiger partial charge in [-0.1, -0.05) is 30.3 Å². The Morgan fingerprint density at radius 1 is 1.06 bits per heavy atom. The minimum Gasteiger partial charge on any atom is -0.457 e. The van der Waals surface area contributed by atoms with Crippen LogP contribution in [0.5, 0.6) is 11.5 Å². The molecule has 160 valence electrons. The molecule has 1 N–H and O–H groups in total. The van der Waals surface area contributed by atoms with Crippen molar-refractivity contribution in [1.82, 2.24) is 9.78 Å². The number of aromatic nitrogens is 2. The third-order valence-corrected chi connectivity index (χ3v) is 4.67. The highest BCUT2D eigenvalue weighted by Crippen LogP contribution is 2.22. The van der Waals surface area contributed by atoms with E-state index in [1.165, 1.54) is 13.0 Å². The van der Waals surface area contributed by atoms with Crippen molar-refractivity contribution in [3.8, 4) is 11.5 Å². The number of hydrogen-bond acceptors (Lipinski definition) is 5. The van der Waals surface area contributed by atoms with Crippen molar-refractivity contribution in [2.45, 2.75) is 26.9 Å². The number of aryl methyl sites for hydroxylation is 2. The maximum Gasteiger partial charge on any atom is 0.331 e. The Bertz CT molecular complexity index is 1100. The lowest BCUT2D eigenvalue weighted by Gasteiger charge is -2.12. The van der Waals surface area contributed by atoms with Gasteiger partial charge < -0.3 is 14.8 Å². The molecule has 1 heterocycles. The molecule has 2 aromatic carbocycles. The maximum atomic E-state index is 12.4. The van der Waals surface area contributed by atoms with E-state index >= 15 is 0 Å². The second-order valence-electron chi connectivity index (χ2n) is 7.06. The van der Waals surface area contributed by atoms with E-state index in [1.807, 2.05) is 55.5 Å². The summed E-state index contributed by atoms with van der Waals surface area (Å²) in [4.78, 5) is 24.5. The lowest BCUT2D eigenvalue weighted by molar-refractivity contribution is -0.148. The van der Waals surface area contributed by atoms with E-state index < -0.39 is 18.0 Å². The molecule has 1 amide bonds. The average molecular weight is 419 g/mol. The Kier molecular flexibility index (Phi) is 6.87. The molecular weight excluding hydrogens is 394 g/mol. The van der Waals surface area contributed by atoms with Gasteiger partial charge in [0.15, 0.2) is 6.10 Å². The smallest absolute Gasteiger partial charge is 0.331 e. The Morgan fingerprint density at radius 3 is 2.45 bits per heavy atom. The number of nitrogens with zero attached hydrogens (tertiary/aromatic N) is 2. The van der Waals surface area contributed by atoms with Gasteiger partial charge in [-0.3, -0.25) is 9.48 Å². The van der Waals surface area contributed by atoms with Gasteiger partial charge in [0.2, 0.25) is 0 Å². The first-order valence-corrected chi connectivity index (χ1v) is 9.86. The number of carbonyl (C=O) groups is 2. The van der Waals surface area contributed by atoms with Crippen LogP contribution in [0.15, 0.2) is 60.7 Å². The van der Waals surface area contributed by atoms with Crippen LogP contribution in [-0.2, 0) is 21.4 Å². The van der Waals surface area contributed by atoms with Crippen LogP contribution in [0, 0.1) is 13.8 Å². The molecule has 0 radical (unpaired) electrons. The van der Waals surface area contributed by atoms with Gasteiger partial charge in [0, 0.05) is 13.1 Å². The van der Waals surface area contributed by atoms with Crippen LogP contribution in [0.25, 0.3) is 6.08 Å².